The van der Waals surface area contributed by atoms with Gasteiger partial charge in [-0.1, -0.05) is 36.4 Å². The molecule has 224 valence electrons. The smallest absolute Gasteiger partial charge is 0.306 e. The van der Waals surface area contributed by atoms with Crippen LogP contribution in [0.3, 0.4) is 0 Å². The number of amidine groups is 1. The Hall–Kier alpha value is -3.67. The molecule has 3 rings (SSSR count). The Balaban J connectivity index is 0.00000588. The van der Waals surface area contributed by atoms with Crippen molar-refractivity contribution in [2.45, 2.75) is 18.9 Å². The summed E-state index contributed by atoms with van der Waals surface area (Å²) in [5.74, 6) is -0.925. The van der Waals surface area contributed by atoms with Crippen molar-refractivity contribution >= 4 is 36.0 Å². The van der Waals surface area contributed by atoms with Crippen molar-refractivity contribution in [1.29, 1.82) is 5.41 Å². The lowest BCUT2D eigenvalue weighted by atomic mass is 10.0. The Bertz CT molecular complexity index is 1150. The molecule has 0 saturated carbocycles. The van der Waals surface area contributed by atoms with Crippen molar-refractivity contribution in [2.24, 2.45) is 11.7 Å². The third kappa shape index (κ3) is 9.44. The molecule has 1 aliphatic rings. The van der Waals surface area contributed by atoms with Gasteiger partial charge in [-0.15, -0.1) is 12.4 Å². The number of amides is 2. The number of halogens is 1. The van der Waals surface area contributed by atoms with E-state index in [4.69, 9.17) is 30.1 Å². The van der Waals surface area contributed by atoms with Crippen LogP contribution in [-0.4, -0.2) is 100 Å². The van der Waals surface area contributed by atoms with Gasteiger partial charge in [0.25, 0.3) is 0 Å². The summed E-state index contributed by atoms with van der Waals surface area (Å²) in [7, 11) is 4.41. The van der Waals surface area contributed by atoms with Gasteiger partial charge in [0.05, 0.1) is 38.7 Å². The molecule has 0 aromatic heterocycles. The highest BCUT2D eigenvalue weighted by molar-refractivity contribution is 5.95. The van der Waals surface area contributed by atoms with E-state index in [0.717, 1.165) is 11.1 Å². The summed E-state index contributed by atoms with van der Waals surface area (Å²) in [4.78, 5) is 41.5. The van der Waals surface area contributed by atoms with Crippen LogP contribution >= 0.6 is 12.4 Å². The molecule has 2 atom stereocenters. The van der Waals surface area contributed by atoms with Gasteiger partial charge in [0.2, 0.25) is 11.8 Å². The van der Waals surface area contributed by atoms with Crippen molar-refractivity contribution in [3.05, 3.63) is 54.1 Å². The molecule has 0 bridgehead atoms. The van der Waals surface area contributed by atoms with E-state index in [1.54, 1.807) is 31.3 Å². The highest BCUT2D eigenvalue weighted by Crippen LogP contribution is 2.29. The summed E-state index contributed by atoms with van der Waals surface area (Å²) in [5.41, 5.74) is 8.13. The first-order valence-electron chi connectivity index (χ1n) is 13.1. The Kier molecular flexibility index (Phi) is 13.5. The average Bonchev–Trinajstić information content (AvgIpc) is 3.25. The monoisotopic (exact) mass is 590 g/mol. The standard InChI is InChI=1S/C29H38N4O7.ClH/c1-37-14-12-32(13-15-38-2)26(34)18-33-24(16-23(29(33)36)17-27(35)39-3)19-40-25-10-8-21(9-11-25)20-4-6-22(7-5-20)28(30)31;/h4-11,23-24H,12-19H2,1-3H3,(H3,30,31);1H/t23-,24-;/m0./s1. The molecule has 11 nitrogen and oxygen atoms in total. The summed E-state index contributed by atoms with van der Waals surface area (Å²) in [6, 6.07) is 14.5. The van der Waals surface area contributed by atoms with Crippen LogP contribution in [0.5, 0.6) is 5.75 Å². The van der Waals surface area contributed by atoms with Gasteiger partial charge in [-0.3, -0.25) is 19.8 Å². The topological polar surface area (TPSA) is 144 Å². The number of nitrogen functional groups attached to an aromatic ring is 1. The van der Waals surface area contributed by atoms with Crippen LogP contribution in [0.25, 0.3) is 11.1 Å². The molecule has 2 aromatic carbocycles. The molecule has 41 heavy (non-hydrogen) atoms. The van der Waals surface area contributed by atoms with Gasteiger partial charge in [-0.25, -0.2) is 0 Å². The van der Waals surface area contributed by atoms with Crippen LogP contribution in [-0.2, 0) is 28.6 Å². The number of ether oxygens (including phenoxy) is 4. The second-order valence-corrected chi connectivity index (χ2v) is 9.53. The van der Waals surface area contributed by atoms with E-state index in [2.05, 4.69) is 0 Å². The van der Waals surface area contributed by atoms with Crippen LogP contribution < -0.4 is 10.5 Å². The number of carbonyl (C=O) groups excluding carboxylic acids is 3. The van der Waals surface area contributed by atoms with Gasteiger partial charge >= 0.3 is 5.97 Å². The van der Waals surface area contributed by atoms with Gasteiger partial charge in [-0.2, -0.15) is 0 Å². The first-order chi connectivity index (χ1) is 19.3. The summed E-state index contributed by atoms with van der Waals surface area (Å²) in [6.07, 6.45) is 0.322. The zero-order valence-corrected chi connectivity index (χ0v) is 24.5. The summed E-state index contributed by atoms with van der Waals surface area (Å²) in [5, 5.41) is 7.53. The summed E-state index contributed by atoms with van der Waals surface area (Å²) in [6.45, 7) is 1.50. The number of nitrogens with zero attached hydrogens (tertiary/aromatic N) is 2. The first-order valence-corrected chi connectivity index (χ1v) is 13.1. The van der Waals surface area contributed by atoms with Crippen LogP contribution in [0.2, 0.25) is 0 Å². The maximum Gasteiger partial charge on any atom is 0.306 e. The minimum absolute atomic E-state index is 0. The van der Waals surface area contributed by atoms with Crippen molar-refractivity contribution < 1.29 is 33.3 Å². The fourth-order valence-corrected chi connectivity index (χ4v) is 4.58. The van der Waals surface area contributed by atoms with Crippen LogP contribution in [0.1, 0.15) is 18.4 Å². The largest absolute Gasteiger partial charge is 0.491 e. The lowest BCUT2D eigenvalue weighted by Crippen LogP contribution is -2.47. The van der Waals surface area contributed by atoms with Gasteiger partial charge in [-0.05, 0) is 29.7 Å². The second kappa shape index (κ2) is 16.6. The highest BCUT2D eigenvalue weighted by Gasteiger charge is 2.42. The number of likely N-dealkylation sites (tertiary alicyclic amines) is 1. The van der Waals surface area contributed by atoms with Crippen molar-refractivity contribution in [3.63, 3.8) is 0 Å². The van der Waals surface area contributed by atoms with E-state index < -0.39 is 17.9 Å². The third-order valence-electron chi connectivity index (χ3n) is 6.89. The van der Waals surface area contributed by atoms with Gasteiger partial charge in [0.15, 0.2) is 0 Å². The van der Waals surface area contributed by atoms with Crippen LogP contribution in [0, 0.1) is 11.3 Å². The molecule has 2 aromatic rings. The maximum atomic E-state index is 13.3. The summed E-state index contributed by atoms with van der Waals surface area (Å²) < 4.78 is 21.1. The minimum Gasteiger partial charge on any atom is -0.491 e. The molecule has 1 heterocycles. The number of esters is 1. The van der Waals surface area contributed by atoms with Gasteiger partial charge in [0, 0.05) is 32.9 Å². The molecule has 1 saturated heterocycles. The number of hydrogen-bond donors (Lipinski definition) is 2. The fourth-order valence-electron chi connectivity index (χ4n) is 4.58. The van der Waals surface area contributed by atoms with Crippen molar-refractivity contribution in [2.75, 3.05) is 60.8 Å². The molecule has 12 heteroatoms. The lowest BCUT2D eigenvalue weighted by Gasteiger charge is -2.28. The number of methoxy groups -OCH3 is 3. The van der Waals surface area contributed by atoms with Crippen molar-refractivity contribution in [3.8, 4) is 16.9 Å². The minimum atomic E-state index is -0.583. The molecule has 1 aliphatic heterocycles. The van der Waals surface area contributed by atoms with Crippen LogP contribution in [0.15, 0.2) is 48.5 Å². The maximum absolute atomic E-state index is 13.3. The number of nitrogens with one attached hydrogen (secondary N) is 1. The number of nitrogens with two attached hydrogens (primary N) is 1. The summed E-state index contributed by atoms with van der Waals surface area (Å²) >= 11 is 0. The Morgan fingerprint density at radius 2 is 1.54 bits per heavy atom. The average molecular weight is 591 g/mol. The zero-order chi connectivity index (χ0) is 29.1. The Morgan fingerprint density at radius 1 is 0.976 bits per heavy atom. The Labute approximate surface area is 246 Å². The number of carbonyl (C=O) groups is 3. The van der Waals surface area contributed by atoms with Gasteiger partial charge < -0.3 is 34.5 Å². The zero-order valence-electron chi connectivity index (χ0n) is 23.7. The predicted molar refractivity (Wildman–Crippen MR) is 156 cm³/mol. The molecule has 0 radical (unpaired) electrons. The molecule has 1 fully saturated rings. The SMILES string of the molecule is COCCN(CCOC)C(=O)CN1C(=O)[C@H](CC(=O)OC)C[C@H]1COc1ccc(-c2ccc(C(=N)N)cc2)cc1.Cl. The van der Waals surface area contributed by atoms with Crippen molar-refractivity contribution in [1.82, 2.24) is 9.80 Å². The fraction of sp³-hybridized carbons (Fsp3) is 0.448. The second-order valence-electron chi connectivity index (χ2n) is 9.53. The normalized spacial score (nSPS) is 16.2. The highest BCUT2D eigenvalue weighted by atomic mass is 35.5. The molecule has 3 N–H and O–H groups in total. The van der Waals surface area contributed by atoms with E-state index in [-0.39, 0.29) is 49.6 Å². The van der Waals surface area contributed by atoms with E-state index in [9.17, 15) is 14.4 Å². The molecular formula is C29H39ClN4O7. The number of hydrogen-bond acceptors (Lipinski definition) is 8. The molecular weight excluding hydrogens is 552 g/mol. The molecule has 0 aliphatic carbocycles. The number of rotatable bonds is 15. The molecule has 0 spiro atoms. The quantitative estimate of drug-likeness (QED) is 0.183. The third-order valence-corrected chi connectivity index (χ3v) is 6.89. The number of benzene rings is 2. The van der Waals surface area contributed by atoms with E-state index in [0.29, 0.717) is 44.0 Å². The molecule has 2 amide bonds. The predicted octanol–water partition coefficient (Wildman–Crippen LogP) is 2.34. The van der Waals surface area contributed by atoms with Crippen LogP contribution in [0.4, 0.5) is 0 Å². The molecule has 0 unspecified atom stereocenters. The van der Waals surface area contributed by atoms with E-state index >= 15 is 0 Å². The first kappa shape index (κ1) is 33.5. The van der Waals surface area contributed by atoms with E-state index in [1.165, 1.54) is 12.0 Å². The van der Waals surface area contributed by atoms with Gasteiger partial charge in [0.1, 0.15) is 24.7 Å². The lowest BCUT2D eigenvalue weighted by molar-refractivity contribution is -0.146. The van der Waals surface area contributed by atoms with E-state index in [1.807, 2.05) is 36.4 Å². The Morgan fingerprint density at radius 3 is 2.05 bits per heavy atom.